The van der Waals surface area contributed by atoms with E-state index >= 15 is 0 Å². The molecule has 19 heavy (non-hydrogen) atoms. The lowest BCUT2D eigenvalue weighted by molar-refractivity contribution is -0.385. The zero-order valence-electron chi connectivity index (χ0n) is 10.5. The van der Waals surface area contributed by atoms with Crippen molar-refractivity contribution in [2.75, 3.05) is 24.6 Å². The van der Waals surface area contributed by atoms with Crippen molar-refractivity contribution in [3.05, 3.63) is 26.9 Å². The van der Waals surface area contributed by atoms with Crippen LogP contribution < -0.4 is 4.90 Å². The maximum atomic E-state index is 10.7. The van der Waals surface area contributed by atoms with Crippen molar-refractivity contribution in [3.8, 4) is 0 Å². The molecule has 0 bridgehead atoms. The Morgan fingerprint density at radius 3 is 2.74 bits per heavy atom. The van der Waals surface area contributed by atoms with Crippen LogP contribution in [0.3, 0.4) is 0 Å². The van der Waals surface area contributed by atoms with Gasteiger partial charge in [-0.3, -0.25) is 10.1 Å². The van der Waals surface area contributed by atoms with Crippen LogP contribution in [0.15, 0.2) is 16.7 Å². The fraction of sp³-hybridized carbons (Fsp3) is 0.583. The number of nitro groups is 1. The van der Waals surface area contributed by atoms with Gasteiger partial charge < -0.3 is 10.0 Å². The van der Waals surface area contributed by atoms with Crippen LogP contribution in [-0.2, 0) is 0 Å². The van der Waals surface area contributed by atoms with E-state index in [-0.39, 0.29) is 12.3 Å². The topological polar surface area (TPSA) is 79.5 Å². The SMILES string of the molecule is O=[N+]([O-])c1cnc(N2CCC(CCO)CC2)c(Br)c1. The highest BCUT2D eigenvalue weighted by atomic mass is 79.9. The Morgan fingerprint density at radius 1 is 1.53 bits per heavy atom. The summed E-state index contributed by atoms with van der Waals surface area (Å²) < 4.78 is 0.655. The van der Waals surface area contributed by atoms with Gasteiger partial charge in [0.2, 0.25) is 0 Å². The second-order valence-electron chi connectivity index (χ2n) is 4.70. The third kappa shape index (κ3) is 3.42. The second kappa shape index (κ2) is 6.29. The normalized spacial score (nSPS) is 16.6. The largest absolute Gasteiger partial charge is 0.396 e. The number of aliphatic hydroxyl groups is 1. The first kappa shape index (κ1) is 14.2. The Morgan fingerprint density at radius 2 is 2.21 bits per heavy atom. The molecule has 0 amide bonds. The number of pyridine rings is 1. The fourth-order valence-electron chi connectivity index (χ4n) is 2.37. The van der Waals surface area contributed by atoms with E-state index < -0.39 is 4.92 Å². The van der Waals surface area contributed by atoms with Crippen LogP contribution in [0.5, 0.6) is 0 Å². The molecule has 6 nitrogen and oxygen atoms in total. The molecule has 2 rings (SSSR count). The molecule has 0 spiro atoms. The lowest BCUT2D eigenvalue weighted by Crippen LogP contribution is -2.34. The zero-order chi connectivity index (χ0) is 13.8. The summed E-state index contributed by atoms with van der Waals surface area (Å²) in [7, 11) is 0. The van der Waals surface area contributed by atoms with E-state index in [0.717, 1.165) is 38.2 Å². The van der Waals surface area contributed by atoms with Crippen molar-refractivity contribution in [3.63, 3.8) is 0 Å². The van der Waals surface area contributed by atoms with Crippen LogP contribution in [-0.4, -0.2) is 34.7 Å². The molecule has 0 radical (unpaired) electrons. The van der Waals surface area contributed by atoms with E-state index in [4.69, 9.17) is 5.11 Å². The lowest BCUT2D eigenvalue weighted by Gasteiger charge is -2.33. The standard InChI is InChI=1S/C12H16BrN3O3/c13-11-7-10(16(18)19)8-14-12(11)15-4-1-9(2-5-15)3-6-17/h7-9,17H,1-6H2. The average molecular weight is 330 g/mol. The zero-order valence-corrected chi connectivity index (χ0v) is 12.0. The van der Waals surface area contributed by atoms with Gasteiger partial charge in [-0.15, -0.1) is 0 Å². The minimum Gasteiger partial charge on any atom is -0.396 e. The molecule has 0 aliphatic carbocycles. The van der Waals surface area contributed by atoms with Crippen molar-refractivity contribution in [1.29, 1.82) is 0 Å². The molecule has 2 heterocycles. The Bertz CT molecular complexity index is 462. The van der Waals surface area contributed by atoms with Crippen LogP contribution in [0.2, 0.25) is 0 Å². The van der Waals surface area contributed by atoms with Gasteiger partial charge in [0.05, 0.1) is 9.40 Å². The highest BCUT2D eigenvalue weighted by Gasteiger charge is 2.22. The van der Waals surface area contributed by atoms with Crippen molar-refractivity contribution < 1.29 is 10.0 Å². The predicted octanol–water partition coefficient (Wildman–Crippen LogP) is 2.35. The summed E-state index contributed by atoms with van der Waals surface area (Å²) >= 11 is 3.35. The van der Waals surface area contributed by atoms with Crippen LogP contribution in [0.25, 0.3) is 0 Å². The third-order valence-electron chi connectivity index (χ3n) is 3.47. The molecule has 1 saturated heterocycles. The molecule has 7 heteroatoms. The second-order valence-corrected chi connectivity index (χ2v) is 5.55. The maximum absolute atomic E-state index is 10.7. The number of aromatic nitrogens is 1. The molecule has 1 N–H and O–H groups in total. The van der Waals surface area contributed by atoms with Crippen LogP contribution in [0, 0.1) is 16.0 Å². The van der Waals surface area contributed by atoms with E-state index in [1.807, 2.05) is 0 Å². The molecule has 1 aliphatic rings. The Labute approximate surface area is 119 Å². The molecule has 1 fully saturated rings. The Hall–Kier alpha value is -1.21. The predicted molar refractivity (Wildman–Crippen MR) is 75.2 cm³/mol. The smallest absolute Gasteiger partial charge is 0.288 e. The first-order valence-corrected chi connectivity index (χ1v) is 7.07. The molecule has 0 unspecified atom stereocenters. The van der Waals surface area contributed by atoms with Crippen molar-refractivity contribution >= 4 is 27.4 Å². The van der Waals surface area contributed by atoms with E-state index in [2.05, 4.69) is 25.8 Å². The first-order valence-electron chi connectivity index (χ1n) is 6.27. The third-order valence-corrected chi connectivity index (χ3v) is 4.05. The molecule has 1 aromatic heterocycles. The number of piperidine rings is 1. The van der Waals surface area contributed by atoms with Crippen LogP contribution >= 0.6 is 15.9 Å². The van der Waals surface area contributed by atoms with Gasteiger partial charge in [-0.1, -0.05) is 0 Å². The average Bonchev–Trinajstić information content (AvgIpc) is 2.40. The summed E-state index contributed by atoms with van der Waals surface area (Å²) in [5.41, 5.74) is -0.00853. The monoisotopic (exact) mass is 329 g/mol. The van der Waals surface area contributed by atoms with Gasteiger partial charge in [0.1, 0.15) is 12.0 Å². The molecule has 1 aromatic rings. The van der Waals surface area contributed by atoms with Gasteiger partial charge in [0, 0.05) is 25.8 Å². The van der Waals surface area contributed by atoms with Gasteiger partial charge in [0.25, 0.3) is 5.69 Å². The lowest BCUT2D eigenvalue weighted by atomic mass is 9.94. The molecule has 0 saturated carbocycles. The minimum atomic E-state index is -0.449. The molecule has 104 valence electrons. The highest BCUT2D eigenvalue weighted by Crippen LogP contribution is 2.31. The molecular weight excluding hydrogens is 314 g/mol. The summed E-state index contributed by atoms with van der Waals surface area (Å²) in [5.74, 6) is 1.33. The van der Waals surface area contributed by atoms with Gasteiger partial charge in [-0.05, 0) is 41.1 Å². The Kier molecular flexibility index (Phi) is 4.71. The van der Waals surface area contributed by atoms with E-state index in [0.29, 0.717) is 10.4 Å². The molecule has 0 aromatic carbocycles. The molecule has 1 aliphatic heterocycles. The number of hydrogen-bond acceptors (Lipinski definition) is 5. The van der Waals surface area contributed by atoms with Crippen LogP contribution in [0.4, 0.5) is 11.5 Å². The summed E-state index contributed by atoms with van der Waals surface area (Å²) in [6.45, 7) is 1.98. The van der Waals surface area contributed by atoms with Crippen molar-refractivity contribution in [2.24, 2.45) is 5.92 Å². The maximum Gasteiger partial charge on any atom is 0.288 e. The first-order chi connectivity index (χ1) is 9.11. The number of anilines is 1. The summed E-state index contributed by atoms with van der Waals surface area (Å²) in [5, 5.41) is 19.6. The number of rotatable bonds is 4. The highest BCUT2D eigenvalue weighted by molar-refractivity contribution is 9.10. The van der Waals surface area contributed by atoms with E-state index in [1.54, 1.807) is 0 Å². The quantitative estimate of drug-likeness (QED) is 0.677. The van der Waals surface area contributed by atoms with Crippen molar-refractivity contribution in [1.82, 2.24) is 4.98 Å². The van der Waals surface area contributed by atoms with Gasteiger partial charge in [-0.25, -0.2) is 4.98 Å². The van der Waals surface area contributed by atoms with Gasteiger partial charge in [-0.2, -0.15) is 0 Å². The van der Waals surface area contributed by atoms with E-state index in [1.165, 1.54) is 12.3 Å². The Balaban J connectivity index is 2.05. The number of aliphatic hydroxyl groups excluding tert-OH is 1. The summed E-state index contributed by atoms with van der Waals surface area (Å²) in [4.78, 5) is 16.5. The summed E-state index contributed by atoms with van der Waals surface area (Å²) in [6.07, 6.45) is 4.18. The van der Waals surface area contributed by atoms with Gasteiger partial charge >= 0.3 is 0 Å². The fourth-order valence-corrected chi connectivity index (χ4v) is 2.96. The van der Waals surface area contributed by atoms with Gasteiger partial charge in [0.15, 0.2) is 0 Å². The number of nitrogens with zero attached hydrogens (tertiary/aromatic N) is 3. The molecule has 0 atom stereocenters. The summed E-state index contributed by atoms with van der Waals surface area (Å²) in [6, 6.07) is 1.49. The van der Waals surface area contributed by atoms with Crippen LogP contribution in [0.1, 0.15) is 19.3 Å². The van der Waals surface area contributed by atoms with E-state index in [9.17, 15) is 10.1 Å². The number of hydrogen-bond donors (Lipinski definition) is 1. The molecular formula is C12H16BrN3O3. The van der Waals surface area contributed by atoms with Crippen molar-refractivity contribution in [2.45, 2.75) is 19.3 Å². The minimum absolute atomic E-state index is 0.00853. The number of halogens is 1.